The molecule has 0 bridgehead atoms. The van der Waals surface area contributed by atoms with Crippen LogP contribution < -0.4 is 5.32 Å². The van der Waals surface area contributed by atoms with Crippen molar-refractivity contribution in [3.8, 4) is 0 Å². The van der Waals surface area contributed by atoms with Crippen LogP contribution in [0.1, 0.15) is 44.6 Å². The molecule has 0 unspecified atom stereocenters. The van der Waals surface area contributed by atoms with E-state index in [-0.39, 0.29) is 0 Å². The Morgan fingerprint density at radius 1 is 1.07 bits per heavy atom. The van der Waals surface area contributed by atoms with Gasteiger partial charge in [0.1, 0.15) is 0 Å². The molecule has 0 aliphatic heterocycles. The van der Waals surface area contributed by atoms with Crippen molar-refractivity contribution in [3.63, 3.8) is 0 Å². The fourth-order valence-corrected chi connectivity index (χ4v) is 1.41. The van der Waals surface area contributed by atoms with Gasteiger partial charge in [0.15, 0.2) is 0 Å². The smallest absolute Gasteiger partial charge is 0.222 e. The van der Waals surface area contributed by atoms with Crippen LogP contribution in [0, 0.1) is 6.92 Å². The number of unbranched alkanes of at least 4 members (excludes halogenated alkanes) is 4. The first-order valence-corrected chi connectivity index (χ1v) is 5.85. The summed E-state index contributed by atoms with van der Waals surface area (Å²) in [4.78, 5) is 8.38. The summed E-state index contributed by atoms with van der Waals surface area (Å²) in [6.07, 6.45) is 10.2. The lowest BCUT2D eigenvalue weighted by Gasteiger charge is -2.04. The highest BCUT2D eigenvalue weighted by Gasteiger charge is 1.94. The lowest BCUT2D eigenvalue weighted by molar-refractivity contribution is 0.644. The van der Waals surface area contributed by atoms with Crippen LogP contribution in [-0.2, 0) is 0 Å². The predicted molar refractivity (Wildman–Crippen MR) is 64.0 cm³/mol. The number of nitrogens with one attached hydrogen (secondary N) is 1. The maximum Gasteiger partial charge on any atom is 0.222 e. The lowest BCUT2D eigenvalue weighted by atomic mass is 10.1. The molecule has 84 valence electrons. The topological polar surface area (TPSA) is 37.8 Å². The number of anilines is 1. The molecule has 0 fully saturated rings. The minimum atomic E-state index is 0.746. The van der Waals surface area contributed by atoms with E-state index in [1.165, 1.54) is 32.1 Å². The Kier molecular flexibility index (Phi) is 5.74. The van der Waals surface area contributed by atoms with Gasteiger partial charge < -0.3 is 5.32 Å². The van der Waals surface area contributed by atoms with Crippen molar-refractivity contribution in [2.45, 2.75) is 46.0 Å². The van der Waals surface area contributed by atoms with E-state index in [4.69, 9.17) is 0 Å². The summed E-state index contributed by atoms with van der Waals surface area (Å²) in [5, 5.41) is 3.23. The van der Waals surface area contributed by atoms with Crippen molar-refractivity contribution in [2.24, 2.45) is 0 Å². The van der Waals surface area contributed by atoms with E-state index in [0.717, 1.165) is 18.1 Å². The number of hydrogen-bond acceptors (Lipinski definition) is 3. The Bertz CT molecular complexity index is 256. The summed E-state index contributed by atoms with van der Waals surface area (Å²) in [6.45, 7) is 5.21. The Morgan fingerprint density at radius 3 is 2.40 bits per heavy atom. The van der Waals surface area contributed by atoms with E-state index in [1.54, 1.807) is 0 Å². The molecule has 1 aromatic heterocycles. The lowest BCUT2D eigenvalue weighted by Crippen LogP contribution is -2.05. The molecule has 0 amide bonds. The van der Waals surface area contributed by atoms with Gasteiger partial charge in [0.05, 0.1) is 0 Å². The Morgan fingerprint density at radius 2 is 1.73 bits per heavy atom. The van der Waals surface area contributed by atoms with Crippen LogP contribution in [0.2, 0.25) is 0 Å². The molecule has 0 aliphatic rings. The summed E-state index contributed by atoms with van der Waals surface area (Å²) in [7, 11) is 0. The van der Waals surface area contributed by atoms with Crippen molar-refractivity contribution in [1.29, 1.82) is 0 Å². The number of hydrogen-bond donors (Lipinski definition) is 1. The largest absolute Gasteiger partial charge is 0.354 e. The third-order valence-corrected chi connectivity index (χ3v) is 2.34. The van der Waals surface area contributed by atoms with E-state index in [2.05, 4.69) is 22.2 Å². The third-order valence-electron chi connectivity index (χ3n) is 2.34. The SMILES string of the molecule is CCCCCCCNc1ncc(C)cn1. The van der Waals surface area contributed by atoms with Gasteiger partial charge in [-0.2, -0.15) is 0 Å². The van der Waals surface area contributed by atoms with Gasteiger partial charge in [-0.15, -0.1) is 0 Å². The van der Waals surface area contributed by atoms with Crippen LogP contribution in [0.5, 0.6) is 0 Å². The normalized spacial score (nSPS) is 10.3. The third kappa shape index (κ3) is 5.35. The Balaban J connectivity index is 2.07. The zero-order valence-corrected chi connectivity index (χ0v) is 9.79. The average Bonchev–Trinajstić information content (AvgIpc) is 2.26. The Labute approximate surface area is 92.3 Å². The van der Waals surface area contributed by atoms with E-state index >= 15 is 0 Å². The molecule has 1 rings (SSSR count). The van der Waals surface area contributed by atoms with E-state index in [1.807, 2.05) is 19.3 Å². The zero-order valence-electron chi connectivity index (χ0n) is 9.79. The molecule has 15 heavy (non-hydrogen) atoms. The second-order valence-electron chi connectivity index (χ2n) is 3.93. The summed E-state index contributed by atoms with van der Waals surface area (Å²) in [6, 6.07) is 0. The van der Waals surface area contributed by atoms with Gasteiger partial charge in [-0.05, 0) is 18.9 Å². The van der Waals surface area contributed by atoms with Crippen LogP contribution in [0.4, 0.5) is 5.95 Å². The zero-order chi connectivity index (χ0) is 10.9. The van der Waals surface area contributed by atoms with Gasteiger partial charge in [0.2, 0.25) is 5.95 Å². The molecule has 0 aromatic carbocycles. The van der Waals surface area contributed by atoms with Gasteiger partial charge in [-0.3, -0.25) is 0 Å². The number of aryl methyl sites for hydroxylation is 1. The van der Waals surface area contributed by atoms with Crippen molar-refractivity contribution in [3.05, 3.63) is 18.0 Å². The highest BCUT2D eigenvalue weighted by atomic mass is 15.1. The van der Waals surface area contributed by atoms with Crippen molar-refractivity contribution < 1.29 is 0 Å². The molecule has 0 spiro atoms. The molecule has 1 heterocycles. The van der Waals surface area contributed by atoms with Crippen LogP contribution in [0.3, 0.4) is 0 Å². The minimum absolute atomic E-state index is 0.746. The predicted octanol–water partition coefficient (Wildman–Crippen LogP) is 3.17. The molecule has 0 aliphatic carbocycles. The molecular weight excluding hydrogens is 186 g/mol. The van der Waals surface area contributed by atoms with Crippen LogP contribution in [0.15, 0.2) is 12.4 Å². The fourth-order valence-electron chi connectivity index (χ4n) is 1.41. The number of nitrogens with zero attached hydrogens (tertiary/aromatic N) is 2. The van der Waals surface area contributed by atoms with Crippen LogP contribution in [0.25, 0.3) is 0 Å². The maximum atomic E-state index is 4.19. The Hall–Kier alpha value is -1.12. The van der Waals surface area contributed by atoms with Crippen LogP contribution in [-0.4, -0.2) is 16.5 Å². The van der Waals surface area contributed by atoms with Gasteiger partial charge in [0, 0.05) is 18.9 Å². The molecular formula is C12H21N3. The van der Waals surface area contributed by atoms with E-state index in [9.17, 15) is 0 Å². The van der Waals surface area contributed by atoms with Gasteiger partial charge in [-0.1, -0.05) is 32.6 Å². The summed E-state index contributed by atoms with van der Waals surface area (Å²) in [5.41, 5.74) is 1.10. The fraction of sp³-hybridized carbons (Fsp3) is 0.667. The van der Waals surface area contributed by atoms with Crippen LogP contribution >= 0.6 is 0 Å². The molecule has 0 radical (unpaired) electrons. The highest BCUT2D eigenvalue weighted by molar-refractivity contribution is 5.23. The first-order valence-electron chi connectivity index (χ1n) is 5.85. The molecule has 1 aromatic rings. The second-order valence-corrected chi connectivity index (χ2v) is 3.93. The van der Waals surface area contributed by atoms with E-state index < -0.39 is 0 Å². The number of aromatic nitrogens is 2. The molecule has 3 nitrogen and oxygen atoms in total. The standard InChI is InChI=1S/C12H21N3/c1-3-4-5-6-7-8-13-12-14-9-11(2)10-15-12/h9-10H,3-8H2,1-2H3,(H,13,14,15). The van der Waals surface area contributed by atoms with Crippen molar-refractivity contribution in [2.75, 3.05) is 11.9 Å². The first kappa shape index (κ1) is 12.0. The summed E-state index contributed by atoms with van der Waals surface area (Å²) < 4.78 is 0. The number of rotatable bonds is 7. The summed E-state index contributed by atoms with van der Waals surface area (Å²) >= 11 is 0. The van der Waals surface area contributed by atoms with Gasteiger partial charge >= 0.3 is 0 Å². The minimum Gasteiger partial charge on any atom is -0.354 e. The molecule has 1 N–H and O–H groups in total. The molecule has 0 saturated heterocycles. The maximum absolute atomic E-state index is 4.19. The quantitative estimate of drug-likeness (QED) is 0.698. The highest BCUT2D eigenvalue weighted by Crippen LogP contribution is 2.03. The second kappa shape index (κ2) is 7.21. The molecule has 0 saturated carbocycles. The first-order chi connectivity index (χ1) is 7.33. The monoisotopic (exact) mass is 207 g/mol. The summed E-state index contributed by atoms with van der Waals surface area (Å²) in [5.74, 6) is 0.746. The van der Waals surface area contributed by atoms with Gasteiger partial charge in [-0.25, -0.2) is 9.97 Å². The van der Waals surface area contributed by atoms with Gasteiger partial charge in [0.25, 0.3) is 0 Å². The van der Waals surface area contributed by atoms with Crippen molar-refractivity contribution in [1.82, 2.24) is 9.97 Å². The molecule has 0 atom stereocenters. The van der Waals surface area contributed by atoms with Crippen molar-refractivity contribution >= 4 is 5.95 Å². The average molecular weight is 207 g/mol. The van der Waals surface area contributed by atoms with E-state index in [0.29, 0.717) is 0 Å². The molecule has 3 heteroatoms.